The summed E-state index contributed by atoms with van der Waals surface area (Å²) in [5.74, 6) is 5.23. The van der Waals surface area contributed by atoms with Crippen LogP contribution in [0.3, 0.4) is 0 Å². The number of methoxy groups -OCH3 is 1. The van der Waals surface area contributed by atoms with Gasteiger partial charge in [0.05, 0.1) is 30.1 Å². The van der Waals surface area contributed by atoms with E-state index in [1.54, 1.807) is 13.2 Å². The summed E-state index contributed by atoms with van der Waals surface area (Å²) < 4.78 is 18.9. The van der Waals surface area contributed by atoms with Crippen LogP contribution in [0.4, 0.5) is 4.39 Å². The number of carboxylic acid groups (broad SMARTS) is 1. The van der Waals surface area contributed by atoms with Crippen molar-refractivity contribution in [3.05, 3.63) is 70.6 Å². The first-order valence-electron chi connectivity index (χ1n) is 11.8. The molecule has 2 atom stereocenters. The fourth-order valence-electron chi connectivity index (χ4n) is 4.75. The van der Waals surface area contributed by atoms with Gasteiger partial charge in [-0.1, -0.05) is 23.4 Å². The lowest BCUT2D eigenvalue weighted by Gasteiger charge is -2.35. The SMILES string of the molecule is COc1ccc2nccc(CCC[C@@H]3CCN(CC#Cc4ccc(Cl)c(F)c4)C[C@@H]3C(=O)O)c2c1. The Bertz CT molecular complexity index is 1270. The van der Waals surface area contributed by atoms with Crippen LogP contribution in [0.2, 0.25) is 5.02 Å². The standard InChI is InChI=1S/C28H28ClFN2O3/c1-35-22-8-10-27-23(17-22)20(11-13-31-27)5-2-6-21-12-15-32(18-24(21)28(33)34)14-3-4-19-7-9-25(29)26(30)16-19/h7-11,13,16-17,21,24H,2,5-6,12,14-15,18H2,1H3,(H,33,34)/t21-,24+/m1/s1. The fraction of sp³-hybridized carbons (Fsp3) is 0.357. The van der Waals surface area contributed by atoms with E-state index in [2.05, 4.69) is 21.7 Å². The van der Waals surface area contributed by atoms with E-state index in [0.717, 1.165) is 48.9 Å². The number of aryl methyl sites for hydroxylation is 1. The Morgan fingerprint density at radius 3 is 2.91 bits per heavy atom. The zero-order valence-electron chi connectivity index (χ0n) is 19.6. The normalized spacial score (nSPS) is 18.1. The van der Waals surface area contributed by atoms with Crippen molar-refractivity contribution < 1.29 is 19.0 Å². The molecule has 3 aromatic rings. The Kier molecular flexibility index (Phi) is 8.22. The van der Waals surface area contributed by atoms with Crippen LogP contribution in [0.15, 0.2) is 48.7 Å². The average Bonchev–Trinajstić information content (AvgIpc) is 2.86. The second-order valence-corrected chi connectivity index (χ2v) is 9.31. The van der Waals surface area contributed by atoms with Crippen molar-refractivity contribution >= 4 is 28.5 Å². The third-order valence-electron chi connectivity index (χ3n) is 6.67. The number of aliphatic carboxylic acids is 1. The highest BCUT2D eigenvalue weighted by Crippen LogP contribution is 2.30. The zero-order valence-corrected chi connectivity index (χ0v) is 20.4. The lowest BCUT2D eigenvalue weighted by atomic mass is 9.81. The number of hydrogen-bond acceptors (Lipinski definition) is 4. The van der Waals surface area contributed by atoms with Crippen LogP contribution >= 0.6 is 11.6 Å². The molecule has 1 N–H and O–H groups in total. The molecule has 2 aromatic carbocycles. The van der Waals surface area contributed by atoms with Crippen LogP contribution in [0, 0.1) is 29.5 Å². The first-order valence-corrected chi connectivity index (χ1v) is 12.1. The van der Waals surface area contributed by atoms with Crippen LogP contribution in [0.5, 0.6) is 5.75 Å². The highest BCUT2D eigenvalue weighted by Gasteiger charge is 2.33. The summed E-state index contributed by atoms with van der Waals surface area (Å²) in [6.45, 7) is 1.72. The van der Waals surface area contributed by atoms with Gasteiger partial charge in [0.25, 0.3) is 0 Å². The molecule has 2 heterocycles. The van der Waals surface area contributed by atoms with Crippen LogP contribution in [0.1, 0.15) is 30.4 Å². The van der Waals surface area contributed by atoms with Gasteiger partial charge >= 0.3 is 5.97 Å². The molecule has 1 aliphatic heterocycles. The van der Waals surface area contributed by atoms with Gasteiger partial charge in [-0.25, -0.2) is 4.39 Å². The summed E-state index contributed by atoms with van der Waals surface area (Å²) in [5, 5.41) is 11.0. The summed E-state index contributed by atoms with van der Waals surface area (Å²) in [7, 11) is 1.65. The number of rotatable bonds is 7. The number of carbonyl (C=O) groups is 1. The first kappa shape index (κ1) is 25.0. The second-order valence-electron chi connectivity index (χ2n) is 8.90. The molecule has 0 aliphatic carbocycles. The molecule has 0 amide bonds. The summed E-state index contributed by atoms with van der Waals surface area (Å²) >= 11 is 5.71. The zero-order chi connectivity index (χ0) is 24.8. The highest BCUT2D eigenvalue weighted by molar-refractivity contribution is 6.30. The lowest BCUT2D eigenvalue weighted by molar-refractivity contribution is -0.146. The molecule has 0 bridgehead atoms. The number of halogens is 2. The summed E-state index contributed by atoms with van der Waals surface area (Å²) in [6, 6.07) is 12.4. The van der Waals surface area contributed by atoms with Crippen molar-refractivity contribution in [3.8, 4) is 17.6 Å². The molecule has 1 fully saturated rings. The van der Waals surface area contributed by atoms with E-state index in [1.165, 1.54) is 17.7 Å². The predicted octanol–water partition coefficient (Wildman–Crippen LogP) is 5.43. The van der Waals surface area contributed by atoms with E-state index in [-0.39, 0.29) is 10.9 Å². The van der Waals surface area contributed by atoms with E-state index in [0.29, 0.717) is 18.7 Å². The molecular formula is C28H28ClFN2O3. The number of benzene rings is 2. The van der Waals surface area contributed by atoms with E-state index in [1.807, 2.05) is 30.5 Å². The van der Waals surface area contributed by atoms with Gasteiger partial charge in [-0.05, 0) is 86.2 Å². The Hall–Kier alpha value is -3.14. The first-order chi connectivity index (χ1) is 16.9. The molecule has 0 saturated carbocycles. The third kappa shape index (κ3) is 6.30. The van der Waals surface area contributed by atoms with Crippen molar-refractivity contribution in [1.29, 1.82) is 0 Å². The molecule has 1 aromatic heterocycles. The highest BCUT2D eigenvalue weighted by atomic mass is 35.5. The molecular weight excluding hydrogens is 467 g/mol. The Balaban J connectivity index is 1.34. The molecule has 35 heavy (non-hydrogen) atoms. The Labute approximate surface area is 209 Å². The van der Waals surface area contributed by atoms with E-state index in [4.69, 9.17) is 16.3 Å². The summed E-state index contributed by atoms with van der Waals surface area (Å²) in [6.07, 6.45) is 5.27. The Morgan fingerprint density at radius 2 is 2.14 bits per heavy atom. The van der Waals surface area contributed by atoms with Gasteiger partial charge in [-0.2, -0.15) is 0 Å². The Morgan fingerprint density at radius 1 is 1.29 bits per heavy atom. The summed E-state index contributed by atoms with van der Waals surface area (Å²) in [5.41, 5.74) is 2.69. The second kappa shape index (κ2) is 11.5. The molecule has 1 saturated heterocycles. The van der Waals surface area contributed by atoms with Crippen molar-refractivity contribution in [2.45, 2.75) is 25.7 Å². The van der Waals surface area contributed by atoms with Gasteiger partial charge in [0.15, 0.2) is 0 Å². The van der Waals surface area contributed by atoms with Crippen molar-refractivity contribution in [2.75, 3.05) is 26.7 Å². The monoisotopic (exact) mass is 494 g/mol. The number of carboxylic acids is 1. The van der Waals surface area contributed by atoms with Gasteiger partial charge in [0.1, 0.15) is 11.6 Å². The quantitative estimate of drug-likeness (QED) is 0.443. The number of aromatic nitrogens is 1. The number of piperidine rings is 1. The number of ether oxygens (including phenoxy) is 1. The molecule has 0 unspecified atom stereocenters. The number of hydrogen-bond donors (Lipinski definition) is 1. The van der Waals surface area contributed by atoms with Gasteiger partial charge in [-0.3, -0.25) is 14.7 Å². The van der Waals surface area contributed by atoms with E-state index in [9.17, 15) is 14.3 Å². The predicted molar refractivity (Wildman–Crippen MR) is 135 cm³/mol. The van der Waals surface area contributed by atoms with Crippen LogP contribution in [0.25, 0.3) is 10.9 Å². The molecule has 4 rings (SSSR count). The lowest BCUT2D eigenvalue weighted by Crippen LogP contribution is -2.44. The number of likely N-dealkylation sites (tertiary alicyclic amines) is 1. The maximum absolute atomic E-state index is 13.6. The van der Waals surface area contributed by atoms with Crippen molar-refractivity contribution in [3.63, 3.8) is 0 Å². The average molecular weight is 495 g/mol. The van der Waals surface area contributed by atoms with Crippen LogP contribution in [-0.4, -0.2) is 47.7 Å². The maximum atomic E-state index is 13.6. The van der Waals surface area contributed by atoms with Crippen LogP contribution < -0.4 is 4.74 Å². The topological polar surface area (TPSA) is 62.7 Å². The smallest absolute Gasteiger partial charge is 0.308 e. The van der Waals surface area contributed by atoms with Crippen molar-refractivity contribution in [2.24, 2.45) is 11.8 Å². The largest absolute Gasteiger partial charge is 0.497 e. The molecule has 7 heteroatoms. The van der Waals surface area contributed by atoms with Gasteiger partial charge < -0.3 is 9.84 Å². The summed E-state index contributed by atoms with van der Waals surface area (Å²) in [4.78, 5) is 18.5. The van der Waals surface area contributed by atoms with Gasteiger partial charge in [0, 0.05) is 23.7 Å². The number of pyridine rings is 1. The molecule has 0 spiro atoms. The molecule has 0 radical (unpaired) electrons. The minimum Gasteiger partial charge on any atom is -0.497 e. The molecule has 1 aliphatic rings. The number of nitrogens with zero attached hydrogens (tertiary/aromatic N) is 2. The third-order valence-corrected chi connectivity index (χ3v) is 6.98. The maximum Gasteiger partial charge on any atom is 0.308 e. The van der Waals surface area contributed by atoms with Gasteiger partial charge in [-0.15, -0.1) is 0 Å². The minimum atomic E-state index is -0.758. The minimum absolute atomic E-state index is 0.0683. The molecule has 5 nitrogen and oxygen atoms in total. The molecule has 182 valence electrons. The van der Waals surface area contributed by atoms with E-state index >= 15 is 0 Å². The fourth-order valence-corrected chi connectivity index (χ4v) is 4.86. The van der Waals surface area contributed by atoms with Crippen LogP contribution in [-0.2, 0) is 11.2 Å². The number of fused-ring (bicyclic) bond motifs is 1. The van der Waals surface area contributed by atoms with E-state index < -0.39 is 17.7 Å². The van der Waals surface area contributed by atoms with Crippen molar-refractivity contribution in [1.82, 2.24) is 9.88 Å². The van der Waals surface area contributed by atoms with Gasteiger partial charge in [0.2, 0.25) is 0 Å².